The van der Waals surface area contributed by atoms with Crippen LogP contribution in [0.1, 0.15) is 43.5 Å². The monoisotopic (exact) mass is 564 g/mol. The normalized spacial score (nSPS) is 12.4. The quantitative estimate of drug-likeness (QED) is 0.210. The fraction of sp³-hybridized carbons (Fsp3) is 0.526. The maximum atomic E-state index is 5.40. The number of nitrogens with zero attached hydrogens (tertiary/aromatic N) is 4. The molecule has 0 bridgehead atoms. The van der Waals surface area contributed by atoms with Crippen LogP contribution in [-0.4, -0.2) is 40.5 Å². The summed E-state index contributed by atoms with van der Waals surface area (Å²) in [4.78, 5) is 4.70. The lowest BCUT2D eigenvalue weighted by atomic mass is 10.1. The van der Waals surface area contributed by atoms with Crippen molar-refractivity contribution in [2.45, 2.75) is 39.8 Å². The molecule has 2 aromatic rings. The molecular formula is C19H30BrIN6O. The maximum absolute atomic E-state index is 5.40. The van der Waals surface area contributed by atoms with E-state index >= 15 is 0 Å². The van der Waals surface area contributed by atoms with E-state index in [0.29, 0.717) is 6.54 Å². The van der Waals surface area contributed by atoms with Gasteiger partial charge < -0.3 is 19.9 Å². The van der Waals surface area contributed by atoms with Crippen molar-refractivity contribution in [2.75, 3.05) is 19.8 Å². The molecule has 0 aliphatic carbocycles. The maximum Gasteiger partial charge on any atom is 0.192 e. The summed E-state index contributed by atoms with van der Waals surface area (Å²) in [5.74, 6) is 2.45. The Morgan fingerprint density at radius 2 is 2.07 bits per heavy atom. The Hall–Kier alpha value is -1.20. The van der Waals surface area contributed by atoms with E-state index < -0.39 is 0 Å². The highest BCUT2D eigenvalue weighted by molar-refractivity contribution is 14.0. The summed E-state index contributed by atoms with van der Waals surface area (Å²) in [6, 6.07) is 8.28. The summed E-state index contributed by atoms with van der Waals surface area (Å²) in [7, 11) is 1.95. The van der Waals surface area contributed by atoms with E-state index in [-0.39, 0.29) is 30.0 Å². The number of nitrogens with one attached hydrogen (secondary N) is 2. The van der Waals surface area contributed by atoms with E-state index in [9.17, 15) is 0 Å². The van der Waals surface area contributed by atoms with Crippen LogP contribution in [0.3, 0.4) is 0 Å². The van der Waals surface area contributed by atoms with E-state index in [4.69, 9.17) is 9.73 Å². The number of hydrogen-bond donors (Lipinski definition) is 2. The van der Waals surface area contributed by atoms with Crippen LogP contribution >= 0.6 is 39.9 Å². The van der Waals surface area contributed by atoms with E-state index in [1.54, 1.807) is 0 Å². The van der Waals surface area contributed by atoms with Gasteiger partial charge in [0.25, 0.3) is 0 Å². The zero-order valence-corrected chi connectivity index (χ0v) is 20.8. The number of guanidine groups is 1. The summed E-state index contributed by atoms with van der Waals surface area (Å²) in [5, 5.41) is 15.1. The van der Waals surface area contributed by atoms with Crippen LogP contribution in [-0.2, 0) is 18.3 Å². The summed E-state index contributed by atoms with van der Waals surface area (Å²) >= 11 is 3.62. The van der Waals surface area contributed by atoms with Crippen molar-refractivity contribution in [1.29, 1.82) is 0 Å². The van der Waals surface area contributed by atoms with Crippen molar-refractivity contribution in [3.8, 4) is 0 Å². The molecule has 7 nitrogen and oxygen atoms in total. The molecule has 1 unspecified atom stereocenters. The summed E-state index contributed by atoms with van der Waals surface area (Å²) in [6.07, 6.45) is 0.918. The van der Waals surface area contributed by atoms with Gasteiger partial charge in [-0.3, -0.25) is 0 Å². The minimum absolute atomic E-state index is 0. The molecule has 2 N–H and O–H groups in total. The number of aliphatic imine (C=N–C) groups is 1. The molecule has 0 spiro atoms. The molecule has 1 atom stereocenters. The van der Waals surface area contributed by atoms with Crippen molar-refractivity contribution in [2.24, 2.45) is 12.0 Å². The van der Waals surface area contributed by atoms with Crippen LogP contribution in [0.2, 0.25) is 0 Å². The Kier molecular flexibility index (Phi) is 11.6. The van der Waals surface area contributed by atoms with Crippen LogP contribution < -0.4 is 10.6 Å². The fourth-order valence-electron chi connectivity index (χ4n) is 2.53. The molecule has 1 aromatic carbocycles. The predicted octanol–water partition coefficient (Wildman–Crippen LogP) is 3.73. The molecule has 0 saturated heterocycles. The Labute approximate surface area is 192 Å². The van der Waals surface area contributed by atoms with E-state index in [1.165, 1.54) is 5.56 Å². The minimum atomic E-state index is 0. The van der Waals surface area contributed by atoms with E-state index in [0.717, 1.165) is 48.3 Å². The van der Waals surface area contributed by atoms with Gasteiger partial charge in [0.15, 0.2) is 11.8 Å². The third kappa shape index (κ3) is 7.67. The lowest BCUT2D eigenvalue weighted by molar-refractivity contribution is 0.145. The first-order chi connectivity index (χ1) is 13.0. The number of benzene rings is 1. The van der Waals surface area contributed by atoms with Gasteiger partial charge in [-0.15, -0.1) is 34.2 Å². The fourth-order valence-corrected chi connectivity index (χ4v) is 3.15. The molecule has 2 rings (SSSR count). The molecule has 0 radical (unpaired) electrons. The zero-order chi connectivity index (χ0) is 19.6. The van der Waals surface area contributed by atoms with Crippen LogP contribution in [0.25, 0.3) is 0 Å². The average Bonchev–Trinajstić information content (AvgIpc) is 2.98. The largest absolute Gasteiger partial charge is 0.382 e. The van der Waals surface area contributed by atoms with Gasteiger partial charge in [-0.2, -0.15) is 0 Å². The van der Waals surface area contributed by atoms with Crippen LogP contribution in [0.4, 0.5) is 0 Å². The molecule has 156 valence electrons. The first kappa shape index (κ1) is 24.8. The molecular weight excluding hydrogens is 535 g/mol. The first-order valence-corrected chi connectivity index (χ1v) is 10.0. The van der Waals surface area contributed by atoms with Crippen LogP contribution in [0, 0.1) is 6.92 Å². The molecule has 0 aliphatic rings. The molecule has 9 heteroatoms. The standard InChI is InChI=1S/C19H29BrN6O.HI/c1-5-27-12-8-11-21-19(22-13-18-25-24-15(3)26(18)4)23-14(2)16-9-6-7-10-17(16)20;/h6-7,9-10,14H,5,8,11-13H2,1-4H3,(H2,21,22,23);1H. The van der Waals surface area contributed by atoms with Gasteiger partial charge in [0.05, 0.1) is 6.04 Å². The van der Waals surface area contributed by atoms with Gasteiger partial charge in [-0.05, 0) is 38.8 Å². The Morgan fingerprint density at radius 1 is 1.32 bits per heavy atom. The second-order valence-corrected chi connectivity index (χ2v) is 7.11. The Morgan fingerprint density at radius 3 is 2.71 bits per heavy atom. The number of rotatable bonds is 9. The number of ether oxygens (including phenoxy) is 1. The molecule has 1 aromatic heterocycles. The van der Waals surface area contributed by atoms with Crippen LogP contribution in [0.5, 0.6) is 0 Å². The van der Waals surface area contributed by atoms with Crippen molar-refractivity contribution in [3.05, 3.63) is 46.0 Å². The van der Waals surface area contributed by atoms with Crippen molar-refractivity contribution < 1.29 is 4.74 Å². The minimum Gasteiger partial charge on any atom is -0.382 e. The molecule has 0 aliphatic heterocycles. The van der Waals surface area contributed by atoms with Crippen molar-refractivity contribution in [1.82, 2.24) is 25.4 Å². The third-order valence-electron chi connectivity index (χ3n) is 4.25. The average molecular weight is 565 g/mol. The number of aryl methyl sites for hydroxylation is 1. The summed E-state index contributed by atoms with van der Waals surface area (Å²) < 4.78 is 8.43. The highest BCUT2D eigenvalue weighted by atomic mass is 127. The lowest BCUT2D eigenvalue weighted by Gasteiger charge is -2.19. The SMILES string of the molecule is CCOCCCNC(=NCc1nnc(C)n1C)NC(C)c1ccccc1Br.I. The molecule has 0 saturated carbocycles. The van der Waals surface area contributed by atoms with Crippen molar-refractivity contribution >= 4 is 45.9 Å². The topological polar surface area (TPSA) is 76.4 Å². The Balaban J connectivity index is 0.00000392. The highest BCUT2D eigenvalue weighted by Gasteiger charge is 2.11. The van der Waals surface area contributed by atoms with Gasteiger partial charge in [0.1, 0.15) is 12.4 Å². The lowest BCUT2D eigenvalue weighted by Crippen LogP contribution is -2.39. The number of halogens is 2. The first-order valence-electron chi connectivity index (χ1n) is 9.24. The van der Waals surface area contributed by atoms with Gasteiger partial charge in [-0.1, -0.05) is 34.1 Å². The van der Waals surface area contributed by atoms with E-state index in [2.05, 4.69) is 49.8 Å². The zero-order valence-electron chi connectivity index (χ0n) is 16.9. The predicted molar refractivity (Wildman–Crippen MR) is 127 cm³/mol. The molecule has 1 heterocycles. The van der Waals surface area contributed by atoms with Gasteiger partial charge in [0, 0.05) is 31.3 Å². The van der Waals surface area contributed by atoms with Crippen LogP contribution in [0.15, 0.2) is 33.7 Å². The molecule has 0 amide bonds. The molecule has 0 fully saturated rings. The van der Waals surface area contributed by atoms with E-state index in [1.807, 2.05) is 43.7 Å². The van der Waals surface area contributed by atoms with Gasteiger partial charge in [0.2, 0.25) is 0 Å². The summed E-state index contributed by atoms with van der Waals surface area (Å²) in [6.45, 7) is 8.77. The third-order valence-corrected chi connectivity index (χ3v) is 4.97. The van der Waals surface area contributed by atoms with Gasteiger partial charge in [-0.25, -0.2) is 4.99 Å². The second-order valence-electron chi connectivity index (χ2n) is 6.25. The molecule has 28 heavy (non-hydrogen) atoms. The second kappa shape index (κ2) is 13.1. The van der Waals surface area contributed by atoms with Gasteiger partial charge >= 0.3 is 0 Å². The van der Waals surface area contributed by atoms with Crippen molar-refractivity contribution in [3.63, 3.8) is 0 Å². The highest BCUT2D eigenvalue weighted by Crippen LogP contribution is 2.22. The Bertz CT molecular complexity index is 752. The number of hydrogen-bond acceptors (Lipinski definition) is 4. The summed E-state index contributed by atoms with van der Waals surface area (Å²) in [5.41, 5.74) is 1.18. The smallest absolute Gasteiger partial charge is 0.192 e. The number of aromatic nitrogens is 3.